The molecule has 3 rings (SSSR count). The molecule has 1 saturated heterocycles. The van der Waals surface area contributed by atoms with Gasteiger partial charge in [-0.25, -0.2) is 0 Å². The predicted molar refractivity (Wildman–Crippen MR) is 80.3 cm³/mol. The molecule has 0 aliphatic carbocycles. The van der Waals surface area contributed by atoms with Gasteiger partial charge >= 0.3 is 0 Å². The van der Waals surface area contributed by atoms with Gasteiger partial charge in [0.2, 0.25) is 0 Å². The van der Waals surface area contributed by atoms with E-state index in [0.717, 1.165) is 30.7 Å². The van der Waals surface area contributed by atoms with Crippen LogP contribution in [0.25, 0.3) is 0 Å². The van der Waals surface area contributed by atoms with Gasteiger partial charge < -0.3 is 4.84 Å². The second-order valence-corrected chi connectivity index (χ2v) is 6.33. The molecule has 0 amide bonds. The van der Waals surface area contributed by atoms with Crippen LogP contribution in [0.15, 0.2) is 35.5 Å². The second kappa shape index (κ2) is 6.06. The summed E-state index contributed by atoms with van der Waals surface area (Å²) in [7, 11) is 0. The van der Waals surface area contributed by atoms with Gasteiger partial charge in [0.05, 0.1) is 0 Å². The van der Waals surface area contributed by atoms with Crippen molar-refractivity contribution in [2.45, 2.75) is 31.9 Å². The van der Waals surface area contributed by atoms with Crippen LogP contribution in [-0.2, 0) is 11.4 Å². The topological polar surface area (TPSA) is 24.8 Å². The number of likely N-dealkylation sites (tertiary alicyclic amines) is 1. The summed E-state index contributed by atoms with van der Waals surface area (Å²) < 4.78 is 0.962. The van der Waals surface area contributed by atoms with E-state index in [4.69, 9.17) is 4.84 Å². The van der Waals surface area contributed by atoms with Crippen LogP contribution < -0.4 is 0 Å². The highest BCUT2D eigenvalue weighted by atomic mass is 79.9. The van der Waals surface area contributed by atoms with Crippen molar-refractivity contribution in [3.05, 3.63) is 35.9 Å². The summed E-state index contributed by atoms with van der Waals surface area (Å²) in [6.07, 6.45) is 3.68. The Kier molecular flexibility index (Phi) is 4.18. The number of hydrogen-bond donors (Lipinski definition) is 0. The molecule has 2 aliphatic rings. The van der Waals surface area contributed by atoms with Crippen LogP contribution in [0.4, 0.5) is 0 Å². The number of halogens is 1. The molecule has 19 heavy (non-hydrogen) atoms. The van der Waals surface area contributed by atoms with E-state index in [1.165, 1.54) is 18.4 Å². The van der Waals surface area contributed by atoms with Gasteiger partial charge in [-0.3, -0.25) is 4.90 Å². The number of benzene rings is 1. The summed E-state index contributed by atoms with van der Waals surface area (Å²) in [6, 6.07) is 10.7. The van der Waals surface area contributed by atoms with E-state index in [-0.39, 0.29) is 0 Å². The highest BCUT2D eigenvalue weighted by molar-refractivity contribution is 9.18. The van der Waals surface area contributed by atoms with E-state index >= 15 is 0 Å². The Morgan fingerprint density at radius 2 is 1.95 bits per heavy atom. The van der Waals surface area contributed by atoms with Crippen molar-refractivity contribution < 1.29 is 4.84 Å². The second-order valence-electron chi connectivity index (χ2n) is 5.41. The number of piperidine rings is 1. The van der Waals surface area contributed by atoms with Crippen LogP contribution in [0.5, 0.6) is 0 Å². The van der Waals surface area contributed by atoms with Crippen LogP contribution in [-0.4, -0.2) is 28.7 Å². The van der Waals surface area contributed by atoms with Crippen molar-refractivity contribution in [3.8, 4) is 0 Å². The lowest BCUT2D eigenvalue weighted by atomic mass is 9.90. The van der Waals surface area contributed by atoms with Crippen molar-refractivity contribution in [3.63, 3.8) is 0 Å². The molecule has 4 heteroatoms. The molecule has 0 bridgehead atoms. The van der Waals surface area contributed by atoms with Crippen molar-refractivity contribution >= 4 is 20.6 Å². The third-order valence-corrected chi connectivity index (χ3v) is 4.53. The summed E-state index contributed by atoms with van der Waals surface area (Å²) in [5.41, 5.74) is 1.41. The Morgan fingerprint density at radius 3 is 2.58 bits per heavy atom. The van der Waals surface area contributed by atoms with Crippen molar-refractivity contribution in [1.29, 1.82) is 0 Å². The Balaban J connectivity index is 1.47. The highest BCUT2D eigenvalue weighted by Gasteiger charge is 2.31. The summed E-state index contributed by atoms with van der Waals surface area (Å²) >= 11 is 3.42. The monoisotopic (exact) mass is 322 g/mol. The SMILES string of the molecule is BrC1=NO[C@@H](C2CCN(Cc3ccccc3)CC2)C1. The average molecular weight is 323 g/mol. The fraction of sp³-hybridized carbons (Fsp3) is 0.533. The van der Waals surface area contributed by atoms with Crippen molar-refractivity contribution in [1.82, 2.24) is 4.90 Å². The molecule has 3 nitrogen and oxygen atoms in total. The van der Waals surface area contributed by atoms with Gasteiger partial charge in [0, 0.05) is 18.9 Å². The highest BCUT2D eigenvalue weighted by Crippen LogP contribution is 2.29. The Bertz CT molecular complexity index is 441. The summed E-state index contributed by atoms with van der Waals surface area (Å²) in [6.45, 7) is 3.40. The molecule has 2 aliphatic heterocycles. The zero-order valence-electron chi connectivity index (χ0n) is 11.0. The average Bonchev–Trinajstić information content (AvgIpc) is 2.87. The maximum Gasteiger partial charge on any atom is 0.136 e. The summed E-state index contributed by atoms with van der Waals surface area (Å²) in [5, 5.41) is 4.00. The van der Waals surface area contributed by atoms with Gasteiger partial charge in [-0.05, 0) is 47.4 Å². The van der Waals surface area contributed by atoms with E-state index in [2.05, 4.69) is 56.3 Å². The first-order valence-electron chi connectivity index (χ1n) is 6.96. The molecule has 1 atom stereocenters. The number of nitrogens with zero attached hydrogens (tertiary/aromatic N) is 2. The number of rotatable bonds is 3. The molecular formula is C15H19BrN2O. The minimum Gasteiger partial charge on any atom is -0.391 e. The summed E-state index contributed by atoms with van der Waals surface area (Å²) in [5.74, 6) is 0.658. The number of oxime groups is 1. The molecule has 102 valence electrons. The molecule has 0 aromatic heterocycles. The molecule has 0 saturated carbocycles. The normalized spacial score (nSPS) is 25.1. The van der Waals surface area contributed by atoms with Gasteiger partial charge in [0.1, 0.15) is 10.7 Å². The van der Waals surface area contributed by atoms with Crippen molar-refractivity contribution in [2.24, 2.45) is 11.1 Å². The molecule has 2 heterocycles. The zero-order chi connectivity index (χ0) is 13.1. The molecular weight excluding hydrogens is 304 g/mol. The third kappa shape index (κ3) is 3.37. The maximum absolute atomic E-state index is 5.48. The summed E-state index contributed by atoms with van der Waals surface area (Å²) in [4.78, 5) is 8.02. The van der Waals surface area contributed by atoms with Crippen molar-refractivity contribution in [2.75, 3.05) is 13.1 Å². The molecule has 0 N–H and O–H groups in total. The Morgan fingerprint density at radius 1 is 1.21 bits per heavy atom. The largest absolute Gasteiger partial charge is 0.391 e. The quantitative estimate of drug-likeness (QED) is 0.852. The molecule has 0 spiro atoms. The molecule has 1 aromatic carbocycles. The number of hydrogen-bond acceptors (Lipinski definition) is 3. The van der Waals surface area contributed by atoms with E-state index in [1.807, 2.05) is 0 Å². The van der Waals surface area contributed by atoms with Crippen LogP contribution in [0, 0.1) is 5.92 Å². The van der Waals surface area contributed by atoms with Gasteiger partial charge in [0.25, 0.3) is 0 Å². The Labute approximate surface area is 122 Å². The predicted octanol–water partition coefficient (Wildman–Crippen LogP) is 3.40. The van der Waals surface area contributed by atoms with Gasteiger partial charge in [0.15, 0.2) is 0 Å². The van der Waals surface area contributed by atoms with E-state index < -0.39 is 0 Å². The van der Waals surface area contributed by atoms with Gasteiger partial charge in [-0.1, -0.05) is 35.5 Å². The van der Waals surface area contributed by atoms with E-state index in [0.29, 0.717) is 12.0 Å². The fourth-order valence-electron chi connectivity index (χ4n) is 2.94. The lowest BCUT2D eigenvalue weighted by Crippen LogP contribution is -2.37. The van der Waals surface area contributed by atoms with Crippen LogP contribution in [0.3, 0.4) is 0 Å². The van der Waals surface area contributed by atoms with Crippen LogP contribution in [0.2, 0.25) is 0 Å². The lowest BCUT2D eigenvalue weighted by molar-refractivity contribution is 0.0127. The first kappa shape index (κ1) is 13.1. The smallest absolute Gasteiger partial charge is 0.136 e. The van der Waals surface area contributed by atoms with Crippen LogP contribution in [0.1, 0.15) is 24.8 Å². The zero-order valence-corrected chi connectivity index (χ0v) is 12.6. The first-order valence-corrected chi connectivity index (χ1v) is 7.75. The molecule has 0 unspecified atom stereocenters. The maximum atomic E-state index is 5.48. The van der Waals surface area contributed by atoms with Crippen LogP contribution >= 0.6 is 15.9 Å². The molecule has 1 fully saturated rings. The van der Waals surface area contributed by atoms with Gasteiger partial charge in [-0.15, -0.1) is 0 Å². The molecule has 1 aromatic rings. The molecule has 0 radical (unpaired) electrons. The fourth-order valence-corrected chi connectivity index (χ4v) is 3.35. The lowest BCUT2D eigenvalue weighted by Gasteiger charge is -2.33. The first-order chi connectivity index (χ1) is 9.31. The Hall–Kier alpha value is -0.870. The third-order valence-electron chi connectivity index (χ3n) is 4.06. The standard InChI is InChI=1S/C15H19BrN2O/c16-15-10-14(19-17-15)13-6-8-18(9-7-13)11-12-4-2-1-3-5-12/h1-5,13-14H,6-11H2/t14-/m1/s1. The van der Waals surface area contributed by atoms with E-state index in [1.54, 1.807) is 0 Å². The minimum absolute atomic E-state index is 0.299. The minimum atomic E-state index is 0.299. The van der Waals surface area contributed by atoms with E-state index in [9.17, 15) is 0 Å². The van der Waals surface area contributed by atoms with Gasteiger partial charge in [-0.2, -0.15) is 0 Å².